The van der Waals surface area contributed by atoms with Gasteiger partial charge in [0.15, 0.2) is 11.5 Å². The maximum Gasteiger partial charge on any atom is 0.293 e. The van der Waals surface area contributed by atoms with Crippen LogP contribution in [-0.2, 0) is 4.79 Å². The van der Waals surface area contributed by atoms with Gasteiger partial charge in [-0.25, -0.2) is 0 Å². The lowest BCUT2D eigenvalue weighted by Crippen LogP contribution is -2.55. The van der Waals surface area contributed by atoms with E-state index in [1.54, 1.807) is 18.2 Å². The van der Waals surface area contributed by atoms with Gasteiger partial charge in [-0.1, -0.05) is 6.07 Å². The third kappa shape index (κ3) is 2.25. The molecule has 2 amide bonds. The lowest BCUT2D eigenvalue weighted by atomic mass is 10.2. The van der Waals surface area contributed by atoms with Crippen LogP contribution in [0.4, 0.5) is 4.79 Å². The molecule has 104 valence electrons. The summed E-state index contributed by atoms with van der Waals surface area (Å²) in [5, 5.41) is -0.245. The van der Waals surface area contributed by atoms with Crippen molar-refractivity contribution in [3.63, 3.8) is 0 Å². The molecule has 1 aromatic rings. The summed E-state index contributed by atoms with van der Waals surface area (Å²) in [5.74, 6) is 1.07. The summed E-state index contributed by atoms with van der Waals surface area (Å²) in [6, 6.07) is 5.40. The number of hydrogen-bond acceptors (Lipinski definition) is 5. The fourth-order valence-corrected chi connectivity index (χ4v) is 2.87. The van der Waals surface area contributed by atoms with Crippen LogP contribution in [0.2, 0.25) is 0 Å². The average molecular weight is 293 g/mol. The van der Waals surface area contributed by atoms with Crippen LogP contribution in [0.25, 0.3) is 6.08 Å². The van der Waals surface area contributed by atoms with Crippen LogP contribution in [0.5, 0.6) is 11.5 Å². The number of thioether (sulfide) groups is 1. The first kappa shape index (κ1) is 13.0. The molecule has 0 unspecified atom stereocenters. The number of hydrogen-bond donors (Lipinski definition) is 1. The quantitative estimate of drug-likeness (QED) is 0.829. The summed E-state index contributed by atoms with van der Waals surface area (Å²) in [7, 11) is 0. The smallest absolute Gasteiger partial charge is 0.293 e. The molecule has 0 bridgehead atoms. The summed E-state index contributed by atoms with van der Waals surface area (Å²) in [5.41, 5.74) is 4.46. The Balaban J connectivity index is 1.86. The van der Waals surface area contributed by atoms with Gasteiger partial charge < -0.3 is 15.2 Å². The highest BCUT2D eigenvalue weighted by Crippen LogP contribution is 2.36. The largest absolute Gasteiger partial charge is 0.454 e. The van der Waals surface area contributed by atoms with Gasteiger partial charge in [0.2, 0.25) is 6.79 Å². The van der Waals surface area contributed by atoms with E-state index in [2.05, 4.69) is 5.73 Å². The zero-order valence-corrected chi connectivity index (χ0v) is 11.4. The van der Waals surface area contributed by atoms with Crippen molar-refractivity contribution in [1.29, 1.82) is 0 Å². The Hall–Kier alpha value is -1.99. The number of fused-ring (bicyclic) bond motifs is 1. The highest BCUT2D eigenvalue weighted by molar-refractivity contribution is 8.18. The fourth-order valence-electron chi connectivity index (χ4n) is 2.01. The molecule has 2 heterocycles. The monoisotopic (exact) mass is 293 g/mol. The maximum absolute atomic E-state index is 12.1. The van der Waals surface area contributed by atoms with Crippen LogP contribution < -0.4 is 15.2 Å². The van der Waals surface area contributed by atoms with Gasteiger partial charge in [-0.15, -0.1) is 0 Å². The van der Waals surface area contributed by atoms with Gasteiger partial charge in [-0.2, -0.15) is 0 Å². The van der Waals surface area contributed by atoms with Crippen molar-refractivity contribution in [1.82, 2.24) is 4.90 Å². The first-order chi connectivity index (χ1) is 9.69. The number of imide groups is 1. The van der Waals surface area contributed by atoms with E-state index in [1.165, 1.54) is 4.90 Å². The SMILES string of the molecule is [NH3+]CCN1C(=O)SC(=Cc2ccc3c(c2)OCO3)C1=O. The Morgan fingerprint density at radius 2 is 2.10 bits per heavy atom. The van der Waals surface area contributed by atoms with Crippen molar-refractivity contribution in [2.24, 2.45) is 0 Å². The van der Waals surface area contributed by atoms with E-state index < -0.39 is 0 Å². The lowest BCUT2D eigenvalue weighted by molar-refractivity contribution is -0.367. The molecular weight excluding hydrogens is 280 g/mol. The molecule has 2 aliphatic rings. The van der Waals surface area contributed by atoms with Gasteiger partial charge in [-0.3, -0.25) is 14.5 Å². The predicted octanol–water partition coefficient (Wildman–Crippen LogP) is 0.693. The maximum atomic E-state index is 12.1. The van der Waals surface area contributed by atoms with Crippen LogP contribution in [0.15, 0.2) is 23.1 Å². The average Bonchev–Trinajstić information content (AvgIpc) is 2.99. The summed E-state index contributed by atoms with van der Waals surface area (Å²) < 4.78 is 10.5. The summed E-state index contributed by atoms with van der Waals surface area (Å²) in [6.07, 6.45) is 1.69. The minimum absolute atomic E-state index is 0.207. The molecule has 3 N–H and O–H groups in total. The molecule has 0 saturated carbocycles. The summed E-state index contributed by atoms with van der Waals surface area (Å²) in [4.78, 5) is 25.4. The molecule has 1 saturated heterocycles. The number of amides is 2. The minimum atomic E-state index is -0.263. The molecule has 0 aromatic heterocycles. The van der Waals surface area contributed by atoms with Gasteiger partial charge in [-0.05, 0) is 35.5 Å². The molecule has 7 heteroatoms. The van der Waals surface area contributed by atoms with Gasteiger partial charge in [0.05, 0.1) is 18.0 Å². The number of ether oxygens (including phenoxy) is 2. The van der Waals surface area contributed by atoms with Crippen LogP contribution in [-0.4, -0.2) is 35.9 Å². The number of rotatable bonds is 3. The summed E-state index contributed by atoms with van der Waals surface area (Å²) in [6.45, 7) is 1.07. The molecule has 0 spiro atoms. The molecule has 1 fully saturated rings. The third-order valence-electron chi connectivity index (χ3n) is 2.95. The van der Waals surface area contributed by atoms with Gasteiger partial charge >= 0.3 is 0 Å². The van der Waals surface area contributed by atoms with Crippen LogP contribution in [0, 0.1) is 0 Å². The van der Waals surface area contributed by atoms with Crippen LogP contribution in [0.1, 0.15) is 5.56 Å². The number of carbonyl (C=O) groups excluding carboxylic acids is 2. The number of carbonyl (C=O) groups is 2. The van der Waals surface area contributed by atoms with E-state index in [-0.39, 0.29) is 17.9 Å². The highest BCUT2D eigenvalue weighted by atomic mass is 32.2. The van der Waals surface area contributed by atoms with Gasteiger partial charge in [0.1, 0.15) is 0 Å². The van der Waals surface area contributed by atoms with E-state index in [4.69, 9.17) is 9.47 Å². The second-order valence-corrected chi connectivity index (χ2v) is 5.29. The molecule has 0 radical (unpaired) electrons. The van der Waals surface area contributed by atoms with E-state index >= 15 is 0 Å². The second kappa shape index (κ2) is 5.18. The van der Waals surface area contributed by atoms with Crippen molar-refractivity contribution in [2.75, 3.05) is 19.9 Å². The van der Waals surface area contributed by atoms with Gasteiger partial charge in [0.25, 0.3) is 11.1 Å². The zero-order chi connectivity index (χ0) is 14.1. The zero-order valence-electron chi connectivity index (χ0n) is 10.6. The number of quaternary nitrogens is 1. The Labute approximate surface area is 119 Å². The number of benzene rings is 1. The van der Waals surface area contributed by atoms with Crippen LogP contribution in [0.3, 0.4) is 0 Å². The summed E-state index contributed by atoms with van der Waals surface area (Å²) >= 11 is 0.949. The van der Waals surface area contributed by atoms with Crippen molar-refractivity contribution in [3.8, 4) is 11.5 Å². The lowest BCUT2D eigenvalue weighted by Gasteiger charge is -2.08. The first-order valence-electron chi connectivity index (χ1n) is 6.13. The Kier molecular flexibility index (Phi) is 3.37. The second-order valence-electron chi connectivity index (χ2n) is 4.30. The molecular formula is C13H13N2O4S+. The standard InChI is InChI=1S/C13H12N2O4S/c14-3-4-15-12(16)11(20-13(15)17)6-8-1-2-9-10(5-8)19-7-18-9/h1-2,5-6H,3-4,7,14H2/p+1. The molecule has 0 atom stereocenters. The Morgan fingerprint density at radius 3 is 2.90 bits per heavy atom. The molecule has 3 rings (SSSR count). The minimum Gasteiger partial charge on any atom is -0.454 e. The van der Waals surface area contributed by atoms with Crippen molar-refractivity contribution >= 4 is 29.0 Å². The van der Waals surface area contributed by atoms with E-state index in [0.717, 1.165) is 17.3 Å². The van der Waals surface area contributed by atoms with Crippen molar-refractivity contribution in [2.45, 2.75) is 0 Å². The molecule has 0 aliphatic carbocycles. The topological polar surface area (TPSA) is 83.5 Å². The van der Waals surface area contributed by atoms with Crippen LogP contribution >= 0.6 is 11.8 Å². The van der Waals surface area contributed by atoms with Crippen molar-refractivity contribution < 1.29 is 24.8 Å². The van der Waals surface area contributed by atoms with E-state index in [9.17, 15) is 9.59 Å². The Bertz CT molecular complexity index is 614. The van der Waals surface area contributed by atoms with E-state index in [0.29, 0.717) is 29.5 Å². The van der Waals surface area contributed by atoms with E-state index in [1.807, 2.05) is 6.07 Å². The molecule has 6 nitrogen and oxygen atoms in total. The normalized spacial score (nSPS) is 19.2. The molecule has 20 heavy (non-hydrogen) atoms. The highest BCUT2D eigenvalue weighted by Gasteiger charge is 2.34. The number of nitrogens with zero attached hydrogens (tertiary/aromatic N) is 1. The van der Waals surface area contributed by atoms with Crippen molar-refractivity contribution in [3.05, 3.63) is 28.7 Å². The molecule has 1 aromatic carbocycles. The first-order valence-corrected chi connectivity index (χ1v) is 6.95. The third-order valence-corrected chi connectivity index (χ3v) is 3.86. The Morgan fingerprint density at radius 1 is 1.30 bits per heavy atom. The predicted molar refractivity (Wildman–Crippen MR) is 73.0 cm³/mol. The molecule has 2 aliphatic heterocycles. The fraction of sp³-hybridized carbons (Fsp3) is 0.231. The van der Waals surface area contributed by atoms with Gasteiger partial charge in [0, 0.05) is 0 Å².